The van der Waals surface area contributed by atoms with Crippen LogP contribution in [0.1, 0.15) is 11.1 Å². The maximum atomic E-state index is 4.07. The molecular formula is C16H16N2S2. The van der Waals surface area contributed by atoms with Gasteiger partial charge in [-0.25, -0.2) is 0 Å². The van der Waals surface area contributed by atoms with Crippen LogP contribution in [0.3, 0.4) is 0 Å². The van der Waals surface area contributed by atoms with Crippen LogP contribution in [0.25, 0.3) is 0 Å². The van der Waals surface area contributed by atoms with Crippen LogP contribution in [0.4, 0.5) is 0 Å². The van der Waals surface area contributed by atoms with E-state index in [9.17, 15) is 0 Å². The third-order valence-electron chi connectivity index (χ3n) is 2.71. The molecule has 0 heterocycles. The molecule has 0 bridgehead atoms. The van der Waals surface area contributed by atoms with E-state index in [1.54, 1.807) is 36.0 Å². The molecule has 0 atom stereocenters. The number of nitrogens with zero attached hydrogens (tertiary/aromatic N) is 2. The van der Waals surface area contributed by atoms with Gasteiger partial charge in [0.2, 0.25) is 0 Å². The van der Waals surface area contributed by atoms with Crippen molar-refractivity contribution in [3.63, 3.8) is 0 Å². The molecule has 0 aliphatic carbocycles. The first-order valence-corrected chi connectivity index (χ1v) is 8.61. The van der Waals surface area contributed by atoms with Crippen molar-refractivity contribution in [1.29, 1.82) is 0 Å². The van der Waals surface area contributed by atoms with E-state index in [1.165, 1.54) is 9.79 Å². The Balaban J connectivity index is 1.95. The minimum Gasteiger partial charge on any atom is -0.159 e. The highest BCUT2D eigenvalue weighted by molar-refractivity contribution is 7.98. The molecule has 2 aromatic rings. The molecule has 0 spiro atoms. The van der Waals surface area contributed by atoms with E-state index in [4.69, 9.17) is 0 Å². The molecule has 2 nitrogen and oxygen atoms in total. The SMILES string of the molecule is CSc1ccc(C=NN=Cc2ccc(SC)cc2)cc1. The average Bonchev–Trinajstić information content (AvgIpc) is 2.53. The maximum absolute atomic E-state index is 4.07. The molecular weight excluding hydrogens is 284 g/mol. The number of benzene rings is 2. The van der Waals surface area contributed by atoms with Crippen LogP contribution in [0, 0.1) is 0 Å². The number of rotatable bonds is 5. The molecule has 0 unspecified atom stereocenters. The third-order valence-corrected chi connectivity index (χ3v) is 4.20. The summed E-state index contributed by atoms with van der Waals surface area (Å²) in [6.07, 6.45) is 7.65. The molecule has 0 N–H and O–H groups in total. The van der Waals surface area contributed by atoms with Gasteiger partial charge in [-0.1, -0.05) is 24.3 Å². The molecule has 2 rings (SSSR count). The second kappa shape index (κ2) is 7.92. The quantitative estimate of drug-likeness (QED) is 0.458. The summed E-state index contributed by atoms with van der Waals surface area (Å²) in [6, 6.07) is 16.5. The molecule has 0 fully saturated rings. The lowest BCUT2D eigenvalue weighted by Crippen LogP contribution is -1.82. The zero-order chi connectivity index (χ0) is 14.2. The lowest BCUT2D eigenvalue weighted by molar-refractivity contribution is 1.26. The van der Waals surface area contributed by atoms with E-state index in [2.05, 4.69) is 47.0 Å². The summed E-state index contributed by atoms with van der Waals surface area (Å²) in [5, 5.41) is 8.13. The predicted molar refractivity (Wildman–Crippen MR) is 91.6 cm³/mol. The maximum Gasteiger partial charge on any atom is 0.0568 e. The van der Waals surface area contributed by atoms with Crippen molar-refractivity contribution in [3.05, 3.63) is 59.7 Å². The van der Waals surface area contributed by atoms with E-state index in [1.807, 2.05) is 24.3 Å². The van der Waals surface area contributed by atoms with Gasteiger partial charge >= 0.3 is 0 Å². The van der Waals surface area contributed by atoms with Crippen molar-refractivity contribution < 1.29 is 0 Å². The summed E-state index contributed by atoms with van der Waals surface area (Å²) < 4.78 is 0. The first kappa shape index (κ1) is 14.9. The largest absolute Gasteiger partial charge is 0.159 e. The third kappa shape index (κ3) is 4.54. The minimum atomic E-state index is 1.05. The average molecular weight is 300 g/mol. The van der Waals surface area contributed by atoms with Crippen molar-refractivity contribution in [2.45, 2.75) is 9.79 Å². The molecule has 0 aromatic heterocycles. The van der Waals surface area contributed by atoms with Gasteiger partial charge in [-0.15, -0.1) is 23.5 Å². The Morgan fingerprint density at radius 2 is 1.00 bits per heavy atom. The highest BCUT2D eigenvalue weighted by Gasteiger charge is 1.91. The standard InChI is InChI=1S/C16H16N2S2/c1-19-15-7-3-13(4-8-15)11-17-18-12-14-5-9-16(20-2)10-6-14/h3-12H,1-2H3. The summed E-state index contributed by atoms with van der Waals surface area (Å²) in [5.41, 5.74) is 2.11. The Morgan fingerprint density at radius 1 is 0.650 bits per heavy atom. The van der Waals surface area contributed by atoms with Crippen molar-refractivity contribution in [3.8, 4) is 0 Å². The van der Waals surface area contributed by atoms with Crippen LogP contribution in [-0.4, -0.2) is 24.9 Å². The second-order valence-electron chi connectivity index (χ2n) is 4.04. The van der Waals surface area contributed by atoms with Crippen LogP contribution in [-0.2, 0) is 0 Å². The van der Waals surface area contributed by atoms with Crippen LogP contribution in [0.5, 0.6) is 0 Å². The predicted octanol–water partition coefficient (Wildman–Crippen LogP) is 4.58. The molecule has 0 aliphatic heterocycles. The Labute approximate surface area is 128 Å². The lowest BCUT2D eigenvalue weighted by atomic mass is 10.2. The molecule has 0 radical (unpaired) electrons. The highest BCUT2D eigenvalue weighted by atomic mass is 32.2. The van der Waals surface area contributed by atoms with Crippen LogP contribution >= 0.6 is 23.5 Å². The molecule has 0 amide bonds. The van der Waals surface area contributed by atoms with Gasteiger partial charge in [0.25, 0.3) is 0 Å². The van der Waals surface area contributed by atoms with Crippen LogP contribution in [0.2, 0.25) is 0 Å². The Morgan fingerprint density at radius 3 is 1.30 bits per heavy atom. The van der Waals surface area contributed by atoms with Crippen LogP contribution in [0.15, 0.2) is 68.5 Å². The van der Waals surface area contributed by atoms with Crippen LogP contribution < -0.4 is 0 Å². The molecule has 102 valence electrons. The van der Waals surface area contributed by atoms with Gasteiger partial charge in [0.1, 0.15) is 0 Å². The zero-order valence-corrected chi connectivity index (χ0v) is 13.1. The fourth-order valence-electron chi connectivity index (χ4n) is 1.58. The molecule has 20 heavy (non-hydrogen) atoms. The van der Waals surface area contributed by atoms with Crippen molar-refractivity contribution >= 4 is 36.0 Å². The topological polar surface area (TPSA) is 24.7 Å². The number of hydrogen-bond donors (Lipinski definition) is 0. The van der Waals surface area contributed by atoms with E-state index >= 15 is 0 Å². The Bertz CT molecular complexity index is 531. The smallest absolute Gasteiger partial charge is 0.0568 e. The summed E-state index contributed by atoms with van der Waals surface area (Å²) in [4.78, 5) is 2.50. The first-order chi connectivity index (χ1) is 9.81. The second-order valence-corrected chi connectivity index (χ2v) is 5.79. The van der Waals surface area contributed by atoms with E-state index in [-0.39, 0.29) is 0 Å². The van der Waals surface area contributed by atoms with E-state index in [0.717, 1.165) is 11.1 Å². The van der Waals surface area contributed by atoms with Gasteiger partial charge in [-0.2, -0.15) is 10.2 Å². The molecule has 0 saturated carbocycles. The summed E-state index contributed by atoms with van der Waals surface area (Å²) in [7, 11) is 0. The van der Waals surface area contributed by atoms with Gasteiger partial charge in [0, 0.05) is 9.79 Å². The first-order valence-electron chi connectivity index (χ1n) is 6.16. The van der Waals surface area contributed by atoms with Gasteiger partial charge in [-0.05, 0) is 47.9 Å². The van der Waals surface area contributed by atoms with Crippen molar-refractivity contribution in [2.24, 2.45) is 10.2 Å². The number of thioether (sulfide) groups is 2. The number of hydrogen-bond acceptors (Lipinski definition) is 4. The van der Waals surface area contributed by atoms with Crippen molar-refractivity contribution in [2.75, 3.05) is 12.5 Å². The minimum absolute atomic E-state index is 1.05. The normalized spacial score (nSPS) is 11.5. The van der Waals surface area contributed by atoms with E-state index < -0.39 is 0 Å². The van der Waals surface area contributed by atoms with Gasteiger partial charge in [0.05, 0.1) is 12.4 Å². The summed E-state index contributed by atoms with van der Waals surface area (Å²) in [5.74, 6) is 0. The molecule has 4 heteroatoms. The molecule has 0 aliphatic rings. The van der Waals surface area contributed by atoms with Gasteiger partial charge in [-0.3, -0.25) is 0 Å². The Kier molecular flexibility index (Phi) is 5.89. The summed E-state index contributed by atoms with van der Waals surface area (Å²) in [6.45, 7) is 0. The summed E-state index contributed by atoms with van der Waals surface area (Å²) >= 11 is 3.46. The molecule has 2 aromatic carbocycles. The van der Waals surface area contributed by atoms with Gasteiger partial charge < -0.3 is 0 Å². The lowest BCUT2D eigenvalue weighted by Gasteiger charge is -1.96. The van der Waals surface area contributed by atoms with Gasteiger partial charge in [0.15, 0.2) is 0 Å². The Hall–Kier alpha value is -1.52. The fourth-order valence-corrected chi connectivity index (χ4v) is 2.40. The fraction of sp³-hybridized carbons (Fsp3) is 0.125. The van der Waals surface area contributed by atoms with Crippen molar-refractivity contribution in [1.82, 2.24) is 0 Å². The zero-order valence-electron chi connectivity index (χ0n) is 11.5. The highest BCUT2D eigenvalue weighted by Crippen LogP contribution is 2.14. The molecule has 0 saturated heterocycles. The monoisotopic (exact) mass is 300 g/mol. The van der Waals surface area contributed by atoms with E-state index in [0.29, 0.717) is 0 Å².